The van der Waals surface area contributed by atoms with E-state index < -0.39 is 0 Å². The Kier molecular flexibility index (Phi) is 2.22. The zero-order valence-corrected chi connectivity index (χ0v) is 10.7. The lowest BCUT2D eigenvalue weighted by atomic mass is 9.78. The van der Waals surface area contributed by atoms with E-state index >= 15 is 0 Å². The summed E-state index contributed by atoms with van der Waals surface area (Å²) in [5.74, 6) is 0. The minimum absolute atomic E-state index is 0.779. The van der Waals surface area contributed by atoms with E-state index in [-0.39, 0.29) is 0 Å². The molecule has 92 valence electrons. The van der Waals surface area contributed by atoms with Crippen LogP contribution in [0.4, 0.5) is 0 Å². The molecule has 2 aliphatic rings. The van der Waals surface area contributed by atoms with Crippen LogP contribution >= 0.6 is 0 Å². The third kappa shape index (κ3) is 1.51. The van der Waals surface area contributed by atoms with Crippen molar-refractivity contribution in [2.45, 2.75) is 19.3 Å². The molecule has 0 heterocycles. The maximum atomic E-state index is 8.42. The number of rotatable bonds is 0. The van der Waals surface area contributed by atoms with E-state index in [1.807, 2.05) is 0 Å². The number of fused-ring (bicyclic) bond motifs is 4. The monoisotopic (exact) mass is 245 g/mol. The Balaban J connectivity index is 2.09. The Bertz CT molecular complexity index is 762. The van der Waals surface area contributed by atoms with Crippen molar-refractivity contribution in [1.29, 1.82) is 5.41 Å². The van der Waals surface area contributed by atoms with Gasteiger partial charge >= 0.3 is 0 Å². The molecule has 0 spiro atoms. The van der Waals surface area contributed by atoms with Gasteiger partial charge in [-0.2, -0.15) is 0 Å². The van der Waals surface area contributed by atoms with Gasteiger partial charge in [0.25, 0.3) is 0 Å². The molecule has 19 heavy (non-hydrogen) atoms. The highest BCUT2D eigenvalue weighted by Crippen LogP contribution is 2.39. The van der Waals surface area contributed by atoms with Crippen LogP contribution in [0, 0.1) is 5.41 Å². The van der Waals surface area contributed by atoms with Crippen LogP contribution in [-0.2, 0) is 0 Å². The summed E-state index contributed by atoms with van der Waals surface area (Å²) in [6.45, 7) is 0. The van der Waals surface area contributed by atoms with Crippen molar-refractivity contribution >= 4 is 22.1 Å². The quantitative estimate of drug-likeness (QED) is 0.694. The maximum absolute atomic E-state index is 8.42. The molecule has 0 aromatic heterocycles. The molecule has 1 heteroatoms. The summed E-state index contributed by atoms with van der Waals surface area (Å²) in [5, 5.41) is 10.9. The van der Waals surface area contributed by atoms with E-state index in [1.165, 1.54) is 27.5 Å². The van der Waals surface area contributed by atoms with Gasteiger partial charge in [-0.25, -0.2) is 0 Å². The first-order valence-electron chi connectivity index (χ1n) is 6.83. The van der Waals surface area contributed by atoms with E-state index in [9.17, 15) is 0 Å². The summed E-state index contributed by atoms with van der Waals surface area (Å²) >= 11 is 0. The highest BCUT2D eigenvalue weighted by Gasteiger charge is 2.23. The number of hydrogen-bond donors (Lipinski definition) is 1. The summed E-state index contributed by atoms with van der Waals surface area (Å²) in [6, 6.07) is 12.8. The van der Waals surface area contributed by atoms with Crippen molar-refractivity contribution in [3.05, 3.63) is 65.3 Å². The lowest BCUT2D eigenvalue weighted by Gasteiger charge is -2.26. The lowest BCUT2D eigenvalue weighted by molar-refractivity contribution is 0.935. The molecule has 0 fully saturated rings. The predicted molar refractivity (Wildman–Crippen MR) is 80.7 cm³/mol. The molecule has 1 N–H and O–H groups in total. The Morgan fingerprint density at radius 2 is 1.89 bits per heavy atom. The normalized spacial score (nSPS) is 17.6. The van der Waals surface area contributed by atoms with Crippen LogP contribution in [0.15, 0.2) is 54.1 Å². The van der Waals surface area contributed by atoms with Gasteiger partial charge in [0.15, 0.2) is 0 Å². The standard InChI is InChI=1S/C18H15N/c19-17-11-13-6-2-3-7-14(13)16-10-9-12-5-1-4-8-15(12)18(16)17/h1,3-5,7-10,19H,2,6,11H2. The second-order valence-electron chi connectivity index (χ2n) is 5.32. The molecule has 4 rings (SSSR count). The molecule has 1 nitrogen and oxygen atoms in total. The highest BCUT2D eigenvalue weighted by molar-refractivity contribution is 6.17. The molecule has 0 saturated heterocycles. The smallest absolute Gasteiger partial charge is 0.0439 e. The van der Waals surface area contributed by atoms with Gasteiger partial charge < -0.3 is 5.41 Å². The first-order chi connectivity index (χ1) is 9.34. The second kappa shape index (κ2) is 3.92. The van der Waals surface area contributed by atoms with Gasteiger partial charge in [-0.05, 0) is 34.8 Å². The second-order valence-corrected chi connectivity index (χ2v) is 5.32. The summed E-state index contributed by atoms with van der Waals surface area (Å²) in [7, 11) is 0. The molecule has 0 bridgehead atoms. The molecule has 0 amide bonds. The van der Waals surface area contributed by atoms with Crippen molar-refractivity contribution in [3.8, 4) is 0 Å². The third-order valence-corrected chi connectivity index (χ3v) is 4.19. The van der Waals surface area contributed by atoms with E-state index in [4.69, 9.17) is 5.41 Å². The Hall–Kier alpha value is -2.15. The predicted octanol–water partition coefficient (Wildman–Crippen LogP) is 4.71. The van der Waals surface area contributed by atoms with Crippen LogP contribution in [0.2, 0.25) is 0 Å². The zero-order valence-electron chi connectivity index (χ0n) is 10.7. The number of hydrogen-bond acceptors (Lipinski definition) is 1. The molecular weight excluding hydrogens is 230 g/mol. The van der Waals surface area contributed by atoms with Crippen molar-refractivity contribution in [2.24, 2.45) is 0 Å². The average Bonchev–Trinajstić information content (AvgIpc) is 2.46. The maximum Gasteiger partial charge on any atom is 0.0439 e. The Morgan fingerprint density at radius 3 is 2.84 bits per heavy atom. The average molecular weight is 245 g/mol. The van der Waals surface area contributed by atoms with Crippen LogP contribution in [0.3, 0.4) is 0 Å². The van der Waals surface area contributed by atoms with Gasteiger partial charge in [0.2, 0.25) is 0 Å². The molecule has 0 saturated carbocycles. The molecule has 2 aromatic carbocycles. The SMILES string of the molecule is N=C1CC2=C(C=CCC2)c2ccc3ccccc3c21. The molecule has 0 unspecified atom stereocenters. The summed E-state index contributed by atoms with van der Waals surface area (Å²) < 4.78 is 0. The third-order valence-electron chi connectivity index (χ3n) is 4.19. The van der Waals surface area contributed by atoms with Gasteiger partial charge in [-0.1, -0.05) is 54.1 Å². The first-order valence-corrected chi connectivity index (χ1v) is 6.83. The molecular formula is C18H15N. The number of benzene rings is 2. The fraction of sp³-hybridized carbons (Fsp3) is 0.167. The van der Waals surface area contributed by atoms with Gasteiger partial charge in [0.1, 0.15) is 0 Å². The van der Waals surface area contributed by atoms with Gasteiger partial charge in [0, 0.05) is 17.7 Å². The highest BCUT2D eigenvalue weighted by atomic mass is 14.5. The van der Waals surface area contributed by atoms with E-state index in [0.29, 0.717) is 0 Å². The molecule has 2 aliphatic carbocycles. The van der Waals surface area contributed by atoms with Crippen LogP contribution in [0.5, 0.6) is 0 Å². The van der Waals surface area contributed by atoms with Crippen molar-refractivity contribution < 1.29 is 0 Å². The van der Waals surface area contributed by atoms with Gasteiger partial charge in [-0.3, -0.25) is 0 Å². The van der Waals surface area contributed by atoms with Crippen LogP contribution in [0.25, 0.3) is 16.3 Å². The molecule has 0 radical (unpaired) electrons. The van der Waals surface area contributed by atoms with Crippen LogP contribution in [-0.4, -0.2) is 5.71 Å². The van der Waals surface area contributed by atoms with Crippen molar-refractivity contribution in [1.82, 2.24) is 0 Å². The fourth-order valence-electron chi connectivity index (χ4n) is 3.30. The molecule has 2 aromatic rings. The van der Waals surface area contributed by atoms with Crippen LogP contribution in [0.1, 0.15) is 30.4 Å². The van der Waals surface area contributed by atoms with E-state index in [2.05, 4.69) is 48.6 Å². The summed E-state index contributed by atoms with van der Waals surface area (Å²) in [6.07, 6.45) is 7.56. The summed E-state index contributed by atoms with van der Waals surface area (Å²) in [5.41, 5.74) is 5.98. The topological polar surface area (TPSA) is 23.9 Å². The fourth-order valence-corrected chi connectivity index (χ4v) is 3.30. The van der Waals surface area contributed by atoms with Gasteiger partial charge in [0.05, 0.1) is 0 Å². The van der Waals surface area contributed by atoms with Crippen molar-refractivity contribution in [3.63, 3.8) is 0 Å². The minimum Gasteiger partial charge on any atom is -0.304 e. The van der Waals surface area contributed by atoms with E-state index in [0.717, 1.165) is 30.5 Å². The number of allylic oxidation sites excluding steroid dienone is 4. The molecule has 0 atom stereocenters. The van der Waals surface area contributed by atoms with Crippen molar-refractivity contribution in [2.75, 3.05) is 0 Å². The van der Waals surface area contributed by atoms with Gasteiger partial charge in [-0.15, -0.1) is 0 Å². The Morgan fingerprint density at radius 1 is 1.00 bits per heavy atom. The van der Waals surface area contributed by atoms with Crippen LogP contribution < -0.4 is 0 Å². The number of nitrogens with one attached hydrogen (secondary N) is 1. The van der Waals surface area contributed by atoms with E-state index in [1.54, 1.807) is 0 Å². The summed E-state index contributed by atoms with van der Waals surface area (Å²) in [4.78, 5) is 0. The molecule has 0 aliphatic heterocycles. The lowest BCUT2D eigenvalue weighted by Crippen LogP contribution is -2.13. The zero-order chi connectivity index (χ0) is 12.8. The minimum atomic E-state index is 0.779. The Labute approximate surface area is 112 Å². The first kappa shape index (κ1) is 10.7. The largest absolute Gasteiger partial charge is 0.304 e.